The Bertz CT molecular complexity index is 1070. The van der Waals surface area contributed by atoms with Gasteiger partial charge < -0.3 is 0 Å². The van der Waals surface area contributed by atoms with E-state index in [1.54, 1.807) is 0 Å². The van der Waals surface area contributed by atoms with Crippen LogP contribution in [0.2, 0.25) is 19.8 Å². The van der Waals surface area contributed by atoms with E-state index in [2.05, 4.69) is 0 Å². The predicted molar refractivity (Wildman–Crippen MR) is 160 cm³/mol. The van der Waals surface area contributed by atoms with Crippen molar-refractivity contribution in [2.75, 3.05) is 0 Å². The second-order valence-corrected chi connectivity index (χ2v) is 34.7. The molecule has 0 saturated heterocycles. The molecular weight excluding hydrogens is 748 g/mol. The Morgan fingerprint density at radius 3 is 0.846 bits per heavy atom. The van der Waals surface area contributed by atoms with E-state index in [-0.39, 0.29) is 0 Å². The Morgan fingerprint density at radius 2 is 0.615 bits per heavy atom. The Morgan fingerprint density at radius 1 is 0.385 bits per heavy atom. The van der Waals surface area contributed by atoms with E-state index in [1.807, 2.05) is 141 Å². The summed E-state index contributed by atoms with van der Waals surface area (Å²) < 4.78 is 44.3. The van der Waals surface area contributed by atoms with Crippen LogP contribution in [0.1, 0.15) is 0 Å². The van der Waals surface area contributed by atoms with Crippen molar-refractivity contribution in [2.24, 2.45) is 0 Å². The number of rotatable bonds is 14. The van der Waals surface area contributed by atoms with Gasteiger partial charge in [-0.3, -0.25) is 0 Å². The molecule has 0 unspecified atom stereocenters. The predicted octanol–water partition coefficient (Wildman–Crippen LogP) is 9.21. The first-order valence-corrected chi connectivity index (χ1v) is 30.6. The summed E-state index contributed by atoms with van der Waals surface area (Å²) in [5.74, 6) is 2.65. The van der Waals surface area contributed by atoms with E-state index in [4.69, 9.17) is 25.2 Å². The molecule has 0 amide bonds. The summed E-state index contributed by atoms with van der Waals surface area (Å²) in [5.41, 5.74) is 0. The SMILES string of the molecule is [CH3][Sn]([CH3])([O]P(Oc1ccccc1)Oc1ccccc1)[O][Sn]([CH3])([CH3])[O]P(Oc1ccccc1)Oc1ccccc1. The maximum absolute atomic E-state index is 6.73. The minimum atomic E-state index is -3.70. The first-order valence-electron chi connectivity index (χ1n) is 12.4. The van der Waals surface area contributed by atoms with Gasteiger partial charge in [0.2, 0.25) is 0 Å². The van der Waals surface area contributed by atoms with Crippen molar-refractivity contribution in [1.82, 2.24) is 0 Å². The van der Waals surface area contributed by atoms with Gasteiger partial charge in [-0.2, -0.15) is 0 Å². The van der Waals surface area contributed by atoms with Crippen LogP contribution in [0.4, 0.5) is 0 Å². The van der Waals surface area contributed by atoms with E-state index < -0.39 is 55.6 Å². The van der Waals surface area contributed by atoms with Crippen molar-refractivity contribution >= 4 is 55.6 Å². The van der Waals surface area contributed by atoms with Gasteiger partial charge in [0.25, 0.3) is 0 Å². The van der Waals surface area contributed by atoms with Crippen molar-refractivity contribution in [1.29, 1.82) is 0 Å². The fourth-order valence-electron chi connectivity index (χ4n) is 3.37. The van der Waals surface area contributed by atoms with Gasteiger partial charge >= 0.3 is 245 Å². The molecule has 0 radical (unpaired) electrons. The molecule has 39 heavy (non-hydrogen) atoms. The Labute approximate surface area is 243 Å². The van der Waals surface area contributed by atoms with Crippen molar-refractivity contribution in [3.8, 4) is 23.0 Å². The van der Waals surface area contributed by atoms with Crippen LogP contribution in [-0.2, 0) is 7.13 Å². The fourth-order valence-corrected chi connectivity index (χ4v) is 43.9. The molecule has 4 rings (SSSR count). The van der Waals surface area contributed by atoms with Gasteiger partial charge in [-0.15, -0.1) is 0 Å². The molecule has 0 saturated carbocycles. The molecule has 0 heterocycles. The monoisotopic (exact) mass is 782 g/mol. The summed E-state index contributed by atoms with van der Waals surface area (Å²) in [5, 5.41) is 0. The zero-order valence-corrected chi connectivity index (χ0v) is 29.8. The molecule has 4 aromatic rings. The molecule has 0 aromatic heterocycles. The van der Waals surface area contributed by atoms with Crippen molar-refractivity contribution in [3.05, 3.63) is 121 Å². The van der Waals surface area contributed by atoms with Crippen LogP contribution >= 0.6 is 17.2 Å². The molecule has 4 aromatic carbocycles. The standard InChI is InChI=1S/2C12H10O3P.4CH3.O.2Sn/c2*13-16(14-11-7-3-1-4-8-11)15-12-9-5-2-6-10-12;;;;;;;/h2*1-10H;4*1H3;;;/q2*-1;;;;;;2*+1. The molecule has 11 heteroatoms. The zero-order chi connectivity index (χ0) is 27.6. The molecular formula is C28H32O7P2Sn2. The Balaban J connectivity index is 1.46. The van der Waals surface area contributed by atoms with Gasteiger partial charge in [-0.05, 0) is 0 Å². The van der Waals surface area contributed by atoms with Gasteiger partial charge in [0.05, 0.1) is 0 Å². The summed E-state index contributed by atoms with van der Waals surface area (Å²) in [4.78, 5) is 8.14. The quantitative estimate of drug-likeness (QED) is 0.0935. The first kappa shape index (κ1) is 30.4. The van der Waals surface area contributed by atoms with E-state index in [1.165, 1.54) is 0 Å². The van der Waals surface area contributed by atoms with Crippen LogP contribution in [0.15, 0.2) is 121 Å². The fraction of sp³-hybridized carbons (Fsp3) is 0.143. The first-order chi connectivity index (χ1) is 18.8. The van der Waals surface area contributed by atoms with E-state index in [0.29, 0.717) is 23.0 Å². The summed E-state index contributed by atoms with van der Waals surface area (Å²) in [7, 11) is -3.53. The molecule has 0 N–H and O–H groups in total. The molecule has 7 nitrogen and oxygen atoms in total. The van der Waals surface area contributed by atoms with Gasteiger partial charge in [0, 0.05) is 0 Å². The topological polar surface area (TPSA) is 64.6 Å². The number of hydrogen-bond donors (Lipinski definition) is 0. The molecule has 0 aliphatic rings. The Hall–Kier alpha value is -1.58. The summed E-state index contributed by atoms with van der Waals surface area (Å²) in [6, 6.07) is 38.0. The average Bonchev–Trinajstić information content (AvgIpc) is 2.90. The second-order valence-electron chi connectivity index (χ2n) is 9.15. The van der Waals surface area contributed by atoms with E-state index in [0.717, 1.165) is 0 Å². The van der Waals surface area contributed by atoms with Crippen LogP contribution in [0.25, 0.3) is 0 Å². The van der Waals surface area contributed by atoms with E-state index in [9.17, 15) is 0 Å². The van der Waals surface area contributed by atoms with Gasteiger partial charge in [-0.25, -0.2) is 0 Å². The zero-order valence-electron chi connectivity index (χ0n) is 22.3. The normalized spacial score (nSPS) is 11.8. The number of para-hydroxylation sites is 4. The van der Waals surface area contributed by atoms with Crippen LogP contribution in [0.3, 0.4) is 0 Å². The third kappa shape index (κ3) is 11.1. The summed E-state index contributed by atoms with van der Waals surface area (Å²) >= 11 is -7.40. The molecule has 0 aliphatic carbocycles. The summed E-state index contributed by atoms with van der Waals surface area (Å²) in [6.07, 6.45) is 0. The third-order valence-corrected chi connectivity index (χ3v) is 39.1. The van der Waals surface area contributed by atoms with Crippen LogP contribution < -0.4 is 18.1 Å². The number of benzene rings is 4. The summed E-state index contributed by atoms with van der Waals surface area (Å²) in [6.45, 7) is 0. The molecule has 0 aliphatic heterocycles. The maximum atomic E-state index is 6.73. The van der Waals surface area contributed by atoms with Crippen LogP contribution in [0.5, 0.6) is 23.0 Å². The molecule has 0 atom stereocenters. The van der Waals surface area contributed by atoms with Crippen LogP contribution in [-0.4, -0.2) is 38.4 Å². The molecule has 0 spiro atoms. The minimum absolute atomic E-state index is 0.664. The average molecular weight is 780 g/mol. The molecule has 0 fully saturated rings. The van der Waals surface area contributed by atoms with Gasteiger partial charge in [0.1, 0.15) is 0 Å². The van der Waals surface area contributed by atoms with Crippen LogP contribution in [0, 0.1) is 0 Å². The van der Waals surface area contributed by atoms with E-state index >= 15 is 0 Å². The van der Waals surface area contributed by atoms with Crippen molar-refractivity contribution < 1.29 is 25.2 Å². The van der Waals surface area contributed by atoms with Gasteiger partial charge in [-0.1, -0.05) is 0 Å². The van der Waals surface area contributed by atoms with Crippen molar-refractivity contribution in [3.63, 3.8) is 0 Å². The molecule has 0 bridgehead atoms. The Kier molecular flexibility index (Phi) is 11.6. The van der Waals surface area contributed by atoms with Crippen molar-refractivity contribution in [2.45, 2.75) is 19.8 Å². The second kappa shape index (κ2) is 14.9. The van der Waals surface area contributed by atoms with Gasteiger partial charge in [0.15, 0.2) is 0 Å². The molecule has 204 valence electrons. The third-order valence-electron chi connectivity index (χ3n) is 4.77. The number of hydrogen-bond acceptors (Lipinski definition) is 7.